The van der Waals surface area contributed by atoms with Crippen LogP contribution in [0.2, 0.25) is 0 Å². The zero-order valence-corrected chi connectivity index (χ0v) is 12.6. The van der Waals surface area contributed by atoms with Gasteiger partial charge >= 0.3 is 6.18 Å². The van der Waals surface area contributed by atoms with Gasteiger partial charge in [-0.15, -0.1) is 11.6 Å². The highest BCUT2D eigenvalue weighted by Crippen LogP contribution is 2.26. The van der Waals surface area contributed by atoms with Crippen LogP contribution in [-0.2, 0) is 6.54 Å². The summed E-state index contributed by atoms with van der Waals surface area (Å²) in [5.41, 5.74) is 0.766. The predicted molar refractivity (Wildman–Crippen MR) is 72.7 cm³/mol. The lowest BCUT2D eigenvalue weighted by Crippen LogP contribution is -2.35. The number of ether oxygens (including phenoxy) is 1. The highest BCUT2D eigenvalue weighted by atomic mass is 79.9. The fourth-order valence-corrected chi connectivity index (χ4v) is 2.48. The molecule has 108 valence electrons. The van der Waals surface area contributed by atoms with E-state index in [0.29, 0.717) is 10.2 Å². The molecule has 0 aliphatic carbocycles. The third-order valence-electron chi connectivity index (χ3n) is 2.43. The van der Waals surface area contributed by atoms with Crippen molar-refractivity contribution in [2.75, 3.05) is 26.1 Å². The maximum absolute atomic E-state index is 12.4. The Bertz CT molecular complexity index is 414. The van der Waals surface area contributed by atoms with E-state index < -0.39 is 12.7 Å². The minimum Gasteiger partial charge on any atom is -0.496 e. The van der Waals surface area contributed by atoms with E-state index in [4.69, 9.17) is 16.3 Å². The monoisotopic (exact) mass is 359 g/mol. The summed E-state index contributed by atoms with van der Waals surface area (Å²) in [5.74, 6) is 0.802. The first-order valence-electron chi connectivity index (χ1n) is 5.53. The summed E-state index contributed by atoms with van der Waals surface area (Å²) < 4.78 is 43.0. The van der Waals surface area contributed by atoms with Gasteiger partial charge in [-0.05, 0) is 33.6 Å². The third kappa shape index (κ3) is 6.01. The van der Waals surface area contributed by atoms with Gasteiger partial charge in [0.25, 0.3) is 0 Å². The normalized spacial score (nSPS) is 11.9. The first-order valence-corrected chi connectivity index (χ1v) is 6.86. The molecule has 0 radical (unpaired) electrons. The van der Waals surface area contributed by atoms with Crippen molar-refractivity contribution in [2.45, 2.75) is 12.7 Å². The van der Waals surface area contributed by atoms with E-state index in [1.165, 1.54) is 12.0 Å². The Morgan fingerprint density at radius 2 is 2.05 bits per heavy atom. The van der Waals surface area contributed by atoms with Gasteiger partial charge in [0.2, 0.25) is 0 Å². The quantitative estimate of drug-likeness (QED) is 0.709. The van der Waals surface area contributed by atoms with Crippen LogP contribution < -0.4 is 4.74 Å². The van der Waals surface area contributed by atoms with Gasteiger partial charge in [-0.25, -0.2) is 0 Å². The van der Waals surface area contributed by atoms with Gasteiger partial charge in [-0.3, -0.25) is 4.90 Å². The van der Waals surface area contributed by atoms with Crippen molar-refractivity contribution in [3.8, 4) is 5.75 Å². The van der Waals surface area contributed by atoms with Crippen molar-refractivity contribution in [3.05, 3.63) is 28.2 Å². The minimum absolute atomic E-state index is 0.160. The van der Waals surface area contributed by atoms with Gasteiger partial charge in [0.15, 0.2) is 0 Å². The van der Waals surface area contributed by atoms with Crippen molar-refractivity contribution in [3.63, 3.8) is 0 Å². The first-order chi connectivity index (χ1) is 8.85. The Kier molecular flexibility index (Phi) is 6.42. The van der Waals surface area contributed by atoms with E-state index in [0.717, 1.165) is 5.56 Å². The van der Waals surface area contributed by atoms with Gasteiger partial charge in [0, 0.05) is 19.0 Å². The summed E-state index contributed by atoms with van der Waals surface area (Å²) in [6, 6.07) is 5.20. The van der Waals surface area contributed by atoms with Crippen LogP contribution in [-0.4, -0.2) is 37.2 Å². The molecule has 1 aromatic carbocycles. The van der Waals surface area contributed by atoms with Crippen LogP contribution in [0.25, 0.3) is 0 Å². The van der Waals surface area contributed by atoms with E-state index >= 15 is 0 Å². The molecule has 0 heterocycles. The second-order valence-electron chi connectivity index (χ2n) is 3.98. The molecule has 0 aromatic heterocycles. The Morgan fingerprint density at radius 3 is 2.53 bits per heavy atom. The van der Waals surface area contributed by atoms with Crippen molar-refractivity contribution in [1.82, 2.24) is 4.90 Å². The maximum Gasteiger partial charge on any atom is 0.401 e. The molecule has 0 atom stereocenters. The van der Waals surface area contributed by atoms with Crippen LogP contribution in [0.15, 0.2) is 22.7 Å². The first kappa shape index (κ1) is 16.6. The molecule has 0 bridgehead atoms. The molecule has 0 aliphatic heterocycles. The average Bonchev–Trinajstić information content (AvgIpc) is 2.27. The zero-order chi connectivity index (χ0) is 14.5. The molecule has 0 saturated carbocycles. The predicted octanol–water partition coefficient (Wildman–Crippen LogP) is 4.06. The second kappa shape index (κ2) is 7.36. The third-order valence-corrected chi connectivity index (χ3v) is 3.21. The molecule has 0 N–H and O–H groups in total. The molecule has 1 aromatic rings. The minimum atomic E-state index is -4.23. The number of hydrogen-bond donors (Lipinski definition) is 0. The largest absolute Gasteiger partial charge is 0.496 e. The van der Waals surface area contributed by atoms with Crippen LogP contribution in [0.5, 0.6) is 5.75 Å². The number of alkyl halides is 4. The van der Waals surface area contributed by atoms with Crippen molar-refractivity contribution < 1.29 is 17.9 Å². The molecule has 0 fully saturated rings. The van der Waals surface area contributed by atoms with Crippen molar-refractivity contribution >= 4 is 27.5 Å². The van der Waals surface area contributed by atoms with Crippen LogP contribution >= 0.6 is 27.5 Å². The van der Waals surface area contributed by atoms with Crippen molar-refractivity contribution in [1.29, 1.82) is 0 Å². The molecule has 1 rings (SSSR count). The SMILES string of the molecule is COc1ccc(CN(CCCl)CC(F)(F)F)cc1Br. The number of rotatable bonds is 6. The molecule has 0 unspecified atom stereocenters. The van der Waals surface area contributed by atoms with Crippen LogP contribution in [0.4, 0.5) is 13.2 Å². The van der Waals surface area contributed by atoms with Crippen molar-refractivity contribution in [2.24, 2.45) is 0 Å². The lowest BCUT2D eigenvalue weighted by Gasteiger charge is -2.23. The molecule has 0 spiro atoms. The Morgan fingerprint density at radius 1 is 1.37 bits per heavy atom. The number of hydrogen-bond acceptors (Lipinski definition) is 2. The maximum atomic E-state index is 12.4. The van der Waals surface area contributed by atoms with Gasteiger partial charge in [0.1, 0.15) is 5.75 Å². The topological polar surface area (TPSA) is 12.5 Å². The van der Waals surface area contributed by atoms with E-state index in [-0.39, 0.29) is 19.0 Å². The summed E-state index contributed by atoms with van der Waals surface area (Å²) in [7, 11) is 1.53. The van der Waals surface area contributed by atoms with Gasteiger partial charge in [0.05, 0.1) is 18.1 Å². The molecular weight excluding hydrogens is 346 g/mol. The molecule has 0 amide bonds. The number of methoxy groups -OCH3 is 1. The summed E-state index contributed by atoms with van der Waals surface area (Å²) in [5, 5.41) is 0. The van der Waals surface area contributed by atoms with Gasteiger partial charge in [-0.1, -0.05) is 6.07 Å². The molecule has 0 aliphatic rings. The lowest BCUT2D eigenvalue weighted by molar-refractivity contribution is -0.146. The summed E-state index contributed by atoms with van der Waals surface area (Å²) in [6.07, 6.45) is -4.23. The smallest absolute Gasteiger partial charge is 0.401 e. The second-order valence-corrected chi connectivity index (χ2v) is 5.22. The molecule has 19 heavy (non-hydrogen) atoms. The highest BCUT2D eigenvalue weighted by molar-refractivity contribution is 9.10. The average molecular weight is 361 g/mol. The van der Waals surface area contributed by atoms with E-state index in [2.05, 4.69) is 15.9 Å². The van der Waals surface area contributed by atoms with Crippen LogP contribution in [0.1, 0.15) is 5.56 Å². The molecular formula is C12H14BrClF3NO. The highest BCUT2D eigenvalue weighted by Gasteiger charge is 2.30. The number of benzene rings is 1. The van der Waals surface area contributed by atoms with Gasteiger partial charge < -0.3 is 4.74 Å². The van der Waals surface area contributed by atoms with E-state index in [1.54, 1.807) is 18.2 Å². The Hall–Kier alpha value is -0.460. The standard InChI is InChI=1S/C12H14BrClF3NO/c1-19-11-3-2-9(6-10(11)13)7-18(5-4-14)8-12(15,16)17/h2-3,6H,4-5,7-8H2,1H3. The fraction of sp³-hybridized carbons (Fsp3) is 0.500. The Balaban J connectivity index is 2.76. The van der Waals surface area contributed by atoms with E-state index in [9.17, 15) is 13.2 Å². The van der Waals surface area contributed by atoms with E-state index in [1.807, 2.05) is 0 Å². The number of halogens is 5. The summed E-state index contributed by atoms with van der Waals surface area (Å²) in [6.45, 7) is -0.594. The number of nitrogens with zero attached hydrogens (tertiary/aromatic N) is 1. The fourth-order valence-electron chi connectivity index (χ4n) is 1.65. The Labute approximate surface area is 123 Å². The molecule has 0 saturated heterocycles. The summed E-state index contributed by atoms with van der Waals surface area (Å²) in [4.78, 5) is 1.27. The lowest BCUT2D eigenvalue weighted by atomic mass is 10.2. The van der Waals surface area contributed by atoms with Crippen LogP contribution in [0.3, 0.4) is 0 Å². The zero-order valence-electron chi connectivity index (χ0n) is 10.3. The molecule has 2 nitrogen and oxygen atoms in total. The molecule has 7 heteroatoms. The summed E-state index contributed by atoms with van der Waals surface area (Å²) >= 11 is 8.84. The van der Waals surface area contributed by atoms with Gasteiger partial charge in [-0.2, -0.15) is 13.2 Å². The van der Waals surface area contributed by atoms with Crippen LogP contribution in [0, 0.1) is 0 Å².